The van der Waals surface area contributed by atoms with Gasteiger partial charge in [0.25, 0.3) is 0 Å². The predicted molar refractivity (Wildman–Crippen MR) is 115 cm³/mol. The standard InChI is InChI=1S/C25H34O6/c1-5-19-23(2,26)15-25(4)21(30-19)13-20-24(3,31-25)12-11-17-18(28-20)14-27-22(29-17)16-9-7-6-8-10-16/h5-10,17-22,26H,1,11-15H2,2-4H3/t17-,18+,19-,20-,21+,22+,23+,24+,25-/m0/s1. The van der Waals surface area contributed by atoms with Crippen LogP contribution in [-0.2, 0) is 23.7 Å². The zero-order chi connectivity index (χ0) is 21.9. The van der Waals surface area contributed by atoms with Crippen LogP contribution in [0.1, 0.15) is 58.3 Å². The molecule has 0 bridgehead atoms. The summed E-state index contributed by atoms with van der Waals surface area (Å²) in [5.74, 6) is 0. The zero-order valence-electron chi connectivity index (χ0n) is 18.7. The first kappa shape index (κ1) is 21.6. The second-order valence-corrected chi connectivity index (χ2v) is 10.2. The maximum atomic E-state index is 10.9. The molecule has 4 aliphatic heterocycles. The lowest BCUT2D eigenvalue weighted by Crippen LogP contribution is -2.68. The molecule has 4 heterocycles. The summed E-state index contributed by atoms with van der Waals surface area (Å²) in [6, 6.07) is 10.0. The molecule has 6 nitrogen and oxygen atoms in total. The minimum absolute atomic E-state index is 0.0511. The predicted octanol–water partition coefficient (Wildman–Crippen LogP) is 3.68. The highest BCUT2D eigenvalue weighted by molar-refractivity contribution is 5.17. The van der Waals surface area contributed by atoms with E-state index in [1.165, 1.54) is 0 Å². The van der Waals surface area contributed by atoms with Crippen molar-refractivity contribution in [1.82, 2.24) is 0 Å². The second kappa shape index (κ2) is 7.65. The first-order valence-electron chi connectivity index (χ1n) is 11.4. The number of aliphatic hydroxyl groups is 1. The van der Waals surface area contributed by atoms with Crippen molar-refractivity contribution in [2.75, 3.05) is 6.61 Å². The molecule has 6 heteroatoms. The van der Waals surface area contributed by atoms with E-state index in [9.17, 15) is 5.11 Å². The van der Waals surface area contributed by atoms with Crippen LogP contribution in [0.2, 0.25) is 0 Å². The van der Waals surface area contributed by atoms with E-state index in [0.717, 1.165) is 18.4 Å². The molecular formula is C25H34O6. The normalized spacial score (nSPS) is 49.8. The van der Waals surface area contributed by atoms with Gasteiger partial charge in [-0.2, -0.15) is 0 Å². The van der Waals surface area contributed by atoms with Crippen LogP contribution in [0, 0.1) is 0 Å². The number of hydrogen-bond acceptors (Lipinski definition) is 6. The fourth-order valence-corrected chi connectivity index (χ4v) is 5.94. The van der Waals surface area contributed by atoms with Gasteiger partial charge >= 0.3 is 0 Å². The SMILES string of the molecule is C=C[C@@H]1O[C@@H]2C[C@@H]3O[C@@H]4CO[C@@H](c5ccccc5)O[C@H]4CC[C@@]3(C)O[C@@]2(C)C[C@@]1(C)O. The Hall–Kier alpha value is -1.28. The molecule has 4 aliphatic rings. The molecule has 0 aromatic heterocycles. The monoisotopic (exact) mass is 430 g/mol. The van der Waals surface area contributed by atoms with Crippen molar-refractivity contribution >= 4 is 0 Å². The van der Waals surface area contributed by atoms with Crippen LogP contribution in [0.5, 0.6) is 0 Å². The average molecular weight is 431 g/mol. The van der Waals surface area contributed by atoms with Crippen LogP contribution in [-0.4, -0.2) is 59.0 Å². The number of hydrogen-bond donors (Lipinski definition) is 1. The fraction of sp³-hybridized carbons (Fsp3) is 0.680. The van der Waals surface area contributed by atoms with Crippen molar-refractivity contribution in [2.24, 2.45) is 0 Å². The molecule has 0 radical (unpaired) electrons. The highest BCUT2D eigenvalue weighted by Crippen LogP contribution is 2.50. The molecular weight excluding hydrogens is 396 g/mol. The Morgan fingerprint density at radius 2 is 1.74 bits per heavy atom. The van der Waals surface area contributed by atoms with Gasteiger partial charge in [0.2, 0.25) is 0 Å². The van der Waals surface area contributed by atoms with Crippen molar-refractivity contribution in [3.05, 3.63) is 48.6 Å². The molecule has 170 valence electrons. The lowest BCUT2D eigenvalue weighted by atomic mass is 9.72. The lowest BCUT2D eigenvalue weighted by molar-refractivity contribution is -0.335. The van der Waals surface area contributed by atoms with Crippen LogP contribution >= 0.6 is 0 Å². The third-order valence-electron chi connectivity index (χ3n) is 7.56. The molecule has 31 heavy (non-hydrogen) atoms. The van der Waals surface area contributed by atoms with E-state index in [2.05, 4.69) is 20.4 Å². The Balaban J connectivity index is 1.35. The van der Waals surface area contributed by atoms with Gasteiger partial charge in [-0.05, 0) is 33.6 Å². The third-order valence-corrected chi connectivity index (χ3v) is 7.56. The molecule has 0 spiro atoms. The summed E-state index contributed by atoms with van der Waals surface area (Å²) in [6.07, 6.45) is 3.24. The van der Waals surface area contributed by atoms with E-state index in [1.807, 2.05) is 30.3 Å². The Bertz CT molecular complexity index is 811. The summed E-state index contributed by atoms with van der Waals surface area (Å²) < 4.78 is 32.0. The fourth-order valence-electron chi connectivity index (χ4n) is 5.94. The van der Waals surface area contributed by atoms with Gasteiger partial charge in [-0.25, -0.2) is 0 Å². The van der Waals surface area contributed by atoms with E-state index >= 15 is 0 Å². The van der Waals surface area contributed by atoms with Crippen molar-refractivity contribution < 1.29 is 28.8 Å². The number of benzene rings is 1. The van der Waals surface area contributed by atoms with Crippen LogP contribution in [0.3, 0.4) is 0 Å². The molecule has 0 unspecified atom stereocenters. The summed E-state index contributed by atoms with van der Waals surface area (Å²) in [5.41, 5.74) is -1.06. The molecule has 1 aromatic rings. The van der Waals surface area contributed by atoms with Gasteiger partial charge in [-0.3, -0.25) is 0 Å². The largest absolute Gasteiger partial charge is 0.387 e. The average Bonchev–Trinajstić information content (AvgIpc) is 2.86. The van der Waals surface area contributed by atoms with Gasteiger partial charge in [0.05, 0.1) is 41.7 Å². The third kappa shape index (κ3) is 3.77. The summed E-state index contributed by atoms with van der Waals surface area (Å²) >= 11 is 0. The van der Waals surface area contributed by atoms with E-state index in [0.29, 0.717) is 19.4 Å². The number of ether oxygens (including phenoxy) is 5. The molecule has 5 rings (SSSR count). The first-order valence-corrected chi connectivity index (χ1v) is 11.4. The van der Waals surface area contributed by atoms with Crippen LogP contribution in [0.25, 0.3) is 0 Å². The lowest BCUT2D eigenvalue weighted by Gasteiger charge is -2.58. The quantitative estimate of drug-likeness (QED) is 0.722. The van der Waals surface area contributed by atoms with Gasteiger partial charge < -0.3 is 28.8 Å². The molecule has 1 aromatic carbocycles. The molecule has 4 saturated heterocycles. The van der Waals surface area contributed by atoms with E-state index in [4.69, 9.17) is 23.7 Å². The minimum Gasteiger partial charge on any atom is -0.387 e. The van der Waals surface area contributed by atoms with Crippen LogP contribution < -0.4 is 0 Å². The summed E-state index contributed by atoms with van der Waals surface area (Å²) in [5, 5.41) is 10.9. The topological polar surface area (TPSA) is 66.4 Å². The van der Waals surface area contributed by atoms with Crippen molar-refractivity contribution in [2.45, 2.75) is 100 Å². The van der Waals surface area contributed by atoms with Crippen molar-refractivity contribution in [3.63, 3.8) is 0 Å². The Morgan fingerprint density at radius 3 is 2.48 bits per heavy atom. The molecule has 0 saturated carbocycles. The molecule has 1 N–H and O–H groups in total. The Labute approximate surface area is 184 Å². The molecule has 4 fully saturated rings. The smallest absolute Gasteiger partial charge is 0.184 e. The summed E-state index contributed by atoms with van der Waals surface area (Å²) in [7, 11) is 0. The van der Waals surface area contributed by atoms with Crippen molar-refractivity contribution in [1.29, 1.82) is 0 Å². The Morgan fingerprint density at radius 1 is 1.00 bits per heavy atom. The van der Waals surface area contributed by atoms with E-state index < -0.39 is 22.9 Å². The first-order chi connectivity index (χ1) is 14.7. The zero-order valence-corrected chi connectivity index (χ0v) is 18.7. The molecule has 0 amide bonds. The van der Waals surface area contributed by atoms with Crippen LogP contribution in [0.4, 0.5) is 0 Å². The number of rotatable bonds is 2. The molecule has 9 atom stereocenters. The summed E-state index contributed by atoms with van der Waals surface area (Å²) in [6.45, 7) is 10.3. The van der Waals surface area contributed by atoms with Gasteiger partial charge in [-0.15, -0.1) is 6.58 Å². The minimum atomic E-state index is -1.02. The van der Waals surface area contributed by atoms with Gasteiger partial charge in [0.1, 0.15) is 12.2 Å². The van der Waals surface area contributed by atoms with Gasteiger partial charge in [0.15, 0.2) is 6.29 Å². The van der Waals surface area contributed by atoms with Crippen LogP contribution in [0.15, 0.2) is 43.0 Å². The van der Waals surface area contributed by atoms with Gasteiger partial charge in [0, 0.05) is 18.4 Å². The molecule has 0 aliphatic carbocycles. The summed E-state index contributed by atoms with van der Waals surface area (Å²) in [4.78, 5) is 0. The van der Waals surface area contributed by atoms with E-state index in [1.54, 1.807) is 13.0 Å². The highest BCUT2D eigenvalue weighted by Gasteiger charge is 2.60. The van der Waals surface area contributed by atoms with E-state index in [-0.39, 0.29) is 30.7 Å². The maximum Gasteiger partial charge on any atom is 0.184 e. The Kier molecular flexibility index (Phi) is 5.32. The highest BCUT2D eigenvalue weighted by atomic mass is 16.7. The maximum absolute atomic E-state index is 10.9. The second-order valence-electron chi connectivity index (χ2n) is 10.2. The van der Waals surface area contributed by atoms with Crippen molar-refractivity contribution in [3.8, 4) is 0 Å². The number of fused-ring (bicyclic) bond motifs is 3. The van der Waals surface area contributed by atoms with Gasteiger partial charge in [-0.1, -0.05) is 36.4 Å².